The van der Waals surface area contributed by atoms with E-state index in [4.69, 9.17) is 5.11 Å². The Balaban J connectivity index is 1.92. The van der Waals surface area contributed by atoms with Crippen LogP contribution >= 0.6 is 11.8 Å². The summed E-state index contributed by atoms with van der Waals surface area (Å²) < 4.78 is 0. The molecule has 110 valence electrons. The Kier molecular flexibility index (Phi) is 6.31. The number of hydrogen-bond acceptors (Lipinski definition) is 3. The molecule has 0 atom stereocenters. The number of amides is 1. The molecule has 0 saturated carbocycles. The molecule has 1 amide bonds. The zero-order valence-corrected chi connectivity index (χ0v) is 12.6. The Bertz CT molecular complexity index is 545. The van der Waals surface area contributed by atoms with Crippen LogP contribution < -0.4 is 0 Å². The van der Waals surface area contributed by atoms with Gasteiger partial charge in [-0.3, -0.25) is 4.79 Å². The van der Waals surface area contributed by atoms with Gasteiger partial charge < -0.3 is 10.0 Å². The van der Waals surface area contributed by atoms with E-state index in [0.29, 0.717) is 18.8 Å². The lowest BCUT2D eigenvalue weighted by Crippen LogP contribution is -2.34. The number of benzene rings is 2. The summed E-state index contributed by atoms with van der Waals surface area (Å²) in [6.07, 6.45) is 0. The number of carbonyl (C=O) groups excluding carboxylic acids is 1. The molecular formula is C17H19NO2S. The van der Waals surface area contributed by atoms with Crippen LogP contribution in [0.1, 0.15) is 5.56 Å². The molecule has 0 fully saturated rings. The van der Waals surface area contributed by atoms with Crippen molar-refractivity contribution in [2.75, 3.05) is 18.9 Å². The Hall–Kier alpha value is -1.78. The van der Waals surface area contributed by atoms with Crippen molar-refractivity contribution >= 4 is 17.7 Å². The van der Waals surface area contributed by atoms with E-state index in [2.05, 4.69) is 0 Å². The van der Waals surface area contributed by atoms with Crippen LogP contribution in [0.3, 0.4) is 0 Å². The van der Waals surface area contributed by atoms with Gasteiger partial charge in [-0.1, -0.05) is 48.5 Å². The standard InChI is InChI=1S/C17H19NO2S/c19-12-11-18(13-15-7-3-1-4-8-15)17(20)14-21-16-9-5-2-6-10-16/h1-10,19H,11-14H2. The van der Waals surface area contributed by atoms with Gasteiger partial charge in [-0.25, -0.2) is 0 Å². The average molecular weight is 301 g/mol. The maximum Gasteiger partial charge on any atom is 0.233 e. The summed E-state index contributed by atoms with van der Waals surface area (Å²) in [5.41, 5.74) is 1.07. The minimum atomic E-state index is -0.0193. The molecule has 0 radical (unpaired) electrons. The molecule has 0 unspecified atom stereocenters. The zero-order chi connectivity index (χ0) is 14.9. The third-order valence-corrected chi connectivity index (χ3v) is 4.04. The first kappa shape index (κ1) is 15.6. The molecule has 1 N–H and O–H groups in total. The van der Waals surface area contributed by atoms with Crippen LogP contribution in [0.4, 0.5) is 0 Å². The fourth-order valence-electron chi connectivity index (χ4n) is 1.97. The summed E-state index contributed by atoms with van der Waals surface area (Å²) in [4.78, 5) is 15.1. The molecule has 0 bridgehead atoms. The molecule has 0 spiro atoms. The van der Waals surface area contributed by atoms with Gasteiger partial charge in [-0.05, 0) is 17.7 Å². The Morgan fingerprint density at radius 3 is 2.24 bits per heavy atom. The summed E-state index contributed by atoms with van der Waals surface area (Å²) in [5, 5.41) is 9.15. The Morgan fingerprint density at radius 2 is 1.62 bits per heavy atom. The highest BCUT2D eigenvalue weighted by molar-refractivity contribution is 8.00. The largest absolute Gasteiger partial charge is 0.395 e. The van der Waals surface area contributed by atoms with Crippen LogP contribution in [0.5, 0.6) is 0 Å². The van der Waals surface area contributed by atoms with Crippen molar-refractivity contribution in [2.24, 2.45) is 0 Å². The number of thioether (sulfide) groups is 1. The van der Waals surface area contributed by atoms with E-state index in [9.17, 15) is 4.79 Å². The first-order valence-corrected chi connectivity index (χ1v) is 7.88. The monoisotopic (exact) mass is 301 g/mol. The third kappa shape index (κ3) is 5.25. The second kappa shape index (κ2) is 8.49. The van der Waals surface area contributed by atoms with Crippen molar-refractivity contribution in [1.29, 1.82) is 0 Å². The maximum absolute atomic E-state index is 12.3. The summed E-state index contributed by atoms with van der Waals surface area (Å²) >= 11 is 1.52. The number of nitrogens with zero attached hydrogens (tertiary/aromatic N) is 1. The number of hydrogen-bond donors (Lipinski definition) is 1. The first-order chi connectivity index (χ1) is 10.3. The van der Waals surface area contributed by atoms with E-state index in [1.54, 1.807) is 4.90 Å². The molecule has 2 aromatic rings. The molecule has 0 aliphatic carbocycles. The van der Waals surface area contributed by atoms with Gasteiger partial charge in [0.15, 0.2) is 0 Å². The zero-order valence-electron chi connectivity index (χ0n) is 11.8. The highest BCUT2D eigenvalue weighted by Gasteiger charge is 2.13. The normalized spacial score (nSPS) is 10.3. The molecule has 0 aliphatic heterocycles. The number of carbonyl (C=O) groups is 1. The highest BCUT2D eigenvalue weighted by Crippen LogP contribution is 2.18. The molecule has 0 heterocycles. The van der Waals surface area contributed by atoms with Crippen molar-refractivity contribution in [1.82, 2.24) is 4.90 Å². The minimum Gasteiger partial charge on any atom is -0.395 e. The van der Waals surface area contributed by atoms with E-state index >= 15 is 0 Å². The molecular weight excluding hydrogens is 282 g/mol. The van der Waals surface area contributed by atoms with Gasteiger partial charge >= 0.3 is 0 Å². The van der Waals surface area contributed by atoms with E-state index in [0.717, 1.165) is 10.5 Å². The quantitative estimate of drug-likeness (QED) is 0.800. The van der Waals surface area contributed by atoms with E-state index in [-0.39, 0.29) is 12.5 Å². The summed E-state index contributed by atoms with van der Waals surface area (Å²) in [6.45, 7) is 0.882. The SMILES string of the molecule is O=C(CSc1ccccc1)N(CCO)Cc1ccccc1. The van der Waals surface area contributed by atoms with Gasteiger partial charge in [0, 0.05) is 18.0 Å². The van der Waals surface area contributed by atoms with Gasteiger partial charge in [-0.15, -0.1) is 11.8 Å². The van der Waals surface area contributed by atoms with Crippen molar-refractivity contribution in [3.8, 4) is 0 Å². The predicted octanol–water partition coefficient (Wildman–Crippen LogP) is 2.80. The topological polar surface area (TPSA) is 40.5 Å². The Morgan fingerprint density at radius 1 is 1.00 bits per heavy atom. The molecule has 21 heavy (non-hydrogen) atoms. The molecule has 4 heteroatoms. The second-order valence-corrected chi connectivity index (χ2v) is 5.67. The molecule has 2 rings (SSSR count). The summed E-state index contributed by atoms with van der Waals surface area (Å²) in [5.74, 6) is 0.429. The fourth-order valence-corrected chi connectivity index (χ4v) is 2.79. The van der Waals surface area contributed by atoms with Gasteiger partial charge in [0.1, 0.15) is 0 Å². The molecule has 0 saturated heterocycles. The van der Waals surface area contributed by atoms with Crippen LogP contribution in [0.15, 0.2) is 65.6 Å². The lowest BCUT2D eigenvalue weighted by atomic mass is 10.2. The molecule has 2 aromatic carbocycles. The Labute approximate surface area is 129 Å². The number of rotatable bonds is 7. The van der Waals surface area contributed by atoms with Crippen LogP contribution in [-0.4, -0.2) is 34.8 Å². The first-order valence-electron chi connectivity index (χ1n) is 6.90. The smallest absolute Gasteiger partial charge is 0.233 e. The third-order valence-electron chi connectivity index (χ3n) is 3.04. The van der Waals surface area contributed by atoms with Gasteiger partial charge in [0.25, 0.3) is 0 Å². The van der Waals surface area contributed by atoms with Crippen molar-refractivity contribution < 1.29 is 9.90 Å². The van der Waals surface area contributed by atoms with Gasteiger partial charge in [-0.2, -0.15) is 0 Å². The van der Waals surface area contributed by atoms with E-state index in [1.165, 1.54) is 11.8 Å². The second-order valence-electron chi connectivity index (χ2n) is 4.63. The molecule has 0 aromatic heterocycles. The summed E-state index contributed by atoms with van der Waals surface area (Å²) in [7, 11) is 0. The van der Waals surface area contributed by atoms with Gasteiger partial charge in [0.05, 0.1) is 12.4 Å². The molecule has 3 nitrogen and oxygen atoms in total. The predicted molar refractivity (Wildman–Crippen MR) is 86.1 cm³/mol. The van der Waals surface area contributed by atoms with Crippen LogP contribution in [0, 0.1) is 0 Å². The van der Waals surface area contributed by atoms with Crippen LogP contribution in [0.2, 0.25) is 0 Å². The van der Waals surface area contributed by atoms with Crippen molar-refractivity contribution in [2.45, 2.75) is 11.4 Å². The van der Waals surface area contributed by atoms with E-state index in [1.807, 2.05) is 60.7 Å². The van der Waals surface area contributed by atoms with E-state index < -0.39 is 0 Å². The van der Waals surface area contributed by atoms with Gasteiger partial charge in [0.2, 0.25) is 5.91 Å². The number of aliphatic hydroxyl groups is 1. The molecule has 0 aliphatic rings. The fraction of sp³-hybridized carbons (Fsp3) is 0.235. The average Bonchev–Trinajstić information content (AvgIpc) is 2.54. The minimum absolute atomic E-state index is 0.0193. The lowest BCUT2D eigenvalue weighted by Gasteiger charge is -2.21. The van der Waals surface area contributed by atoms with Crippen LogP contribution in [-0.2, 0) is 11.3 Å². The highest BCUT2D eigenvalue weighted by atomic mass is 32.2. The van der Waals surface area contributed by atoms with Crippen LogP contribution in [0.25, 0.3) is 0 Å². The summed E-state index contributed by atoms with van der Waals surface area (Å²) in [6, 6.07) is 19.7. The number of aliphatic hydroxyl groups excluding tert-OH is 1. The maximum atomic E-state index is 12.3. The lowest BCUT2D eigenvalue weighted by molar-refractivity contribution is -0.129. The van der Waals surface area contributed by atoms with Crippen molar-refractivity contribution in [3.63, 3.8) is 0 Å². The van der Waals surface area contributed by atoms with Crippen molar-refractivity contribution in [3.05, 3.63) is 66.2 Å².